The Morgan fingerprint density at radius 1 is 1.19 bits per heavy atom. The quantitative estimate of drug-likeness (QED) is 0.547. The van der Waals surface area contributed by atoms with Gasteiger partial charge in [-0.15, -0.1) is 0 Å². The molecule has 32 heavy (non-hydrogen) atoms. The molecule has 0 spiro atoms. The molecule has 0 unspecified atom stereocenters. The number of sulfonamides is 1. The van der Waals surface area contributed by atoms with Gasteiger partial charge in [0.15, 0.2) is 0 Å². The van der Waals surface area contributed by atoms with E-state index >= 15 is 0 Å². The van der Waals surface area contributed by atoms with Gasteiger partial charge in [0.1, 0.15) is 5.82 Å². The summed E-state index contributed by atoms with van der Waals surface area (Å²) in [6.07, 6.45) is 0.755. The summed E-state index contributed by atoms with van der Waals surface area (Å²) in [4.78, 5) is 17.6. The number of rotatable bonds is 8. The Morgan fingerprint density at radius 3 is 2.53 bits per heavy atom. The van der Waals surface area contributed by atoms with Gasteiger partial charge in [0, 0.05) is 39.2 Å². The van der Waals surface area contributed by atoms with Crippen LogP contribution in [0.3, 0.4) is 0 Å². The molecule has 0 aliphatic carbocycles. The molecule has 0 atom stereocenters. The topological polar surface area (TPSA) is 84.3 Å². The summed E-state index contributed by atoms with van der Waals surface area (Å²) in [6.45, 7) is 8.91. The fraction of sp³-hybridized carbons (Fsp3) is 0.417. The molecule has 0 fully saturated rings. The van der Waals surface area contributed by atoms with Crippen molar-refractivity contribution in [2.45, 2.75) is 57.9 Å². The molecule has 0 aliphatic rings. The van der Waals surface area contributed by atoms with E-state index in [4.69, 9.17) is 0 Å². The third-order valence-electron chi connectivity index (χ3n) is 5.66. The second kappa shape index (κ2) is 9.42. The third-order valence-corrected chi connectivity index (χ3v) is 7.47. The molecule has 3 rings (SSSR count). The number of benzene rings is 2. The summed E-state index contributed by atoms with van der Waals surface area (Å²) < 4.78 is 28.2. The molecule has 0 saturated heterocycles. The van der Waals surface area contributed by atoms with E-state index in [2.05, 4.69) is 24.1 Å². The molecule has 1 aromatic heterocycles. The van der Waals surface area contributed by atoms with Gasteiger partial charge in [0.05, 0.1) is 15.9 Å². The average molecular weight is 457 g/mol. The van der Waals surface area contributed by atoms with E-state index in [1.54, 1.807) is 18.2 Å². The van der Waals surface area contributed by atoms with E-state index in [9.17, 15) is 13.2 Å². The molecule has 1 N–H and O–H groups in total. The van der Waals surface area contributed by atoms with Crippen LogP contribution in [0.15, 0.2) is 41.3 Å². The molecule has 0 aliphatic heterocycles. The Balaban J connectivity index is 1.83. The monoisotopic (exact) mass is 456 g/mol. The van der Waals surface area contributed by atoms with Crippen molar-refractivity contribution in [1.29, 1.82) is 0 Å². The van der Waals surface area contributed by atoms with Crippen molar-refractivity contribution in [3.05, 3.63) is 53.3 Å². The molecular formula is C24H32N4O3S. The van der Waals surface area contributed by atoms with Crippen LogP contribution in [0.1, 0.15) is 50.1 Å². The fourth-order valence-corrected chi connectivity index (χ4v) is 4.77. The number of nitrogens with one attached hydrogen (secondary N) is 1. The zero-order chi connectivity index (χ0) is 23.6. The molecule has 172 valence electrons. The highest BCUT2D eigenvalue weighted by molar-refractivity contribution is 7.89. The number of hydrogen-bond donors (Lipinski definition) is 1. The van der Waals surface area contributed by atoms with Gasteiger partial charge >= 0.3 is 0 Å². The Kier molecular flexibility index (Phi) is 7.05. The lowest BCUT2D eigenvalue weighted by Gasteiger charge is -2.16. The van der Waals surface area contributed by atoms with Crippen LogP contribution in [-0.2, 0) is 27.8 Å². The van der Waals surface area contributed by atoms with Crippen LogP contribution >= 0.6 is 0 Å². The van der Waals surface area contributed by atoms with E-state index in [1.807, 2.05) is 36.6 Å². The minimum Gasteiger partial charge on any atom is -0.328 e. The van der Waals surface area contributed by atoms with E-state index in [1.165, 1.54) is 18.4 Å². The summed E-state index contributed by atoms with van der Waals surface area (Å²) in [5.41, 5.74) is 4.52. The summed E-state index contributed by atoms with van der Waals surface area (Å²) in [5.74, 6) is 1.01. The van der Waals surface area contributed by atoms with Crippen molar-refractivity contribution >= 4 is 32.7 Å². The van der Waals surface area contributed by atoms with Crippen molar-refractivity contribution in [2.75, 3.05) is 19.4 Å². The van der Waals surface area contributed by atoms with Crippen molar-refractivity contribution in [3.63, 3.8) is 0 Å². The number of anilines is 1. The molecule has 8 heteroatoms. The van der Waals surface area contributed by atoms with Gasteiger partial charge in [-0.25, -0.2) is 17.7 Å². The van der Waals surface area contributed by atoms with Crippen LogP contribution in [0.2, 0.25) is 0 Å². The maximum Gasteiger partial charge on any atom is 0.242 e. The first-order chi connectivity index (χ1) is 15.1. The fourth-order valence-electron chi connectivity index (χ4n) is 3.84. The van der Waals surface area contributed by atoms with Crippen LogP contribution in [0.25, 0.3) is 11.0 Å². The Hall–Kier alpha value is -2.71. The van der Waals surface area contributed by atoms with Gasteiger partial charge < -0.3 is 9.88 Å². The van der Waals surface area contributed by atoms with Gasteiger partial charge in [-0.1, -0.05) is 32.0 Å². The smallest absolute Gasteiger partial charge is 0.242 e. The molecule has 7 nitrogen and oxygen atoms in total. The Morgan fingerprint density at radius 2 is 1.91 bits per heavy atom. The molecular weight excluding hydrogens is 424 g/mol. The number of hydrogen-bond acceptors (Lipinski definition) is 4. The number of imidazole rings is 1. The van der Waals surface area contributed by atoms with Gasteiger partial charge in [-0.05, 0) is 49.1 Å². The van der Waals surface area contributed by atoms with Crippen LogP contribution < -0.4 is 5.32 Å². The van der Waals surface area contributed by atoms with Crippen LogP contribution in [0.5, 0.6) is 0 Å². The van der Waals surface area contributed by atoms with Crippen molar-refractivity contribution in [1.82, 2.24) is 13.9 Å². The lowest BCUT2D eigenvalue weighted by molar-refractivity contribution is -0.116. The largest absolute Gasteiger partial charge is 0.328 e. The Bertz CT molecular complexity index is 1240. The highest BCUT2D eigenvalue weighted by Crippen LogP contribution is 2.28. The number of carbonyl (C=O) groups excluding carboxylic acids is 1. The molecule has 0 bridgehead atoms. The second-order valence-electron chi connectivity index (χ2n) is 8.45. The summed E-state index contributed by atoms with van der Waals surface area (Å²) in [7, 11) is -0.520. The Labute approximate surface area is 190 Å². The first-order valence-electron chi connectivity index (χ1n) is 10.9. The lowest BCUT2D eigenvalue weighted by Crippen LogP contribution is -2.22. The lowest BCUT2D eigenvalue weighted by atomic mass is 9.98. The first-order valence-corrected chi connectivity index (χ1v) is 12.3. The van der Waals surface area contributed by atoms with E-state index in [0.717, 1.165) is 28.2 Å². The van der Waals surface area contributed by atoms with Crippen molar-refractivity contribution in [3.8, 4) is 0 Å². The normalized spacial score (nSPS) is 12.1. The van der Waals surface area contributed by atoms with Crippen LogP contribution in [-0.4, -0.2) is 42.3 Å². The minimum absolute atomic E-state index is 0.0632. The van der Waals surface area contributed by atoms with Crippen molar-refractivity contribution in [2.24, 2.45) is 0 Å². The molecule has 0 saturated carbocycles. The highest BCUT2D eigenvalue weighted by atomic mass is 32.2. The zero-order valence-electron chi connectivity index (χ0n) is 19.6. The molecule has 1 amide bonds. The van der Waals surface area contributed by atoms with Gasteiger partial charge in [0.2, 0.25) is 15.9 Å². The second-order valence-corrected chi connectivity index (χ2v) is 10.6. The van der Waals surface area contributed by atoms with Gasteiger partial charge in [-0.2, -0.15) is 0 Å². The third kappa shape index (κ3) is 4.71. The number of aromatic nitrogens is 2. The number of para-hydroxylation sites is 1. The predicted octanol–water partition coefficient (Wildman–Crippen LogP) is 4.31. The van der Waals surface area contributed by atoms with Crippen LogP contribution in [0, 0.1) is 6.92 Å². The average Bonchev–Trinajstić information content (AvgIpc) is 3.10. The number of carbonyl (C=O) groups is 1. The maximum atomic E-state index is 12.8. The van der Waals surface area contributed by atoms with Crippen molar-refractivity contribution < 1.29 is 13.2 Å². The molecule has 3 aromatic rings. The predicted molar refractivity (Wildman–Crippen MR) is 128 cm³/mol. The number of aryl methyl sites for hydroxylation is 3. The number of nitrogens with zero attached hydrogens (tertiary/aromatic N) is 3. The summed E-state index contributed by atoms with van der Waals surface area (Å²) in [6, 6.07) is 11.0. The minimum atomic E-state index is -3.53. The summed E-state index contributed by atoms with van der Waals surface area (Å²) in [5, 5.41) is 3.08. The van der Waals surface area contributed by atoms with E-state index in [0.29, 0.717) is 24.4 Å². The van der Waals surface area contributed by atoms with Gasteiger partial charge in [-0.3, -0.25) is 4.79 Å². The molecule has 0 radical (unpaired) electrons. The summed E-state index contributed by atoms with van der Waals surface area (Å²) >= 11 is 0. The van der Waals surface area contributed by atoms with Crippen LogP contribution in [0.4, 0.5) is 5.69 Å². The standard InChI is InChI=1S/C24H32N4O3S/c1-7-28-21-12-11-18(32(30,31)27(5)6)15-20(21)25-22(28)13-14-23(29)26-24-17(4)9-8-10-19(24)16(2)3/h8-12,15-16H,7,13-14H2,1-6H3,(H,26,29). The SMILES string of the molecule is CCn1c(CCC(=O)Nc2c(C)cccc2C(C)C)nc2cc(S(=O)(=O)N(C)C)ccc21. The van der Waals surface area contributed by atoms with E-state index < -0.39 is 10.0 Å². The molecule has 2 aromatic carbocycles. The van der Waals surface area contributed by atoms with Gasteiger partial charge in [0.25, 0.3) is 0 Å². The maximum absolute atomic E-state index is 12.8. The first kappa shape index (κ1) is 23.9. The van der Waals surface area contributed by atoms with E-state index in [-0.39, 0.29) is 17.2 Å². The number of amides is 1. The zero-order valence-corrected chi connectivity index (χ0v) is 20.5. The highest BCUT2D eigenvalue weighted by Gasteiger charge is 2.20. The number of fused-ring (bicyclic) bond motifs is 1. The molecule has 1 heterocycles.